The maximum atomic E-state index is 12.3. The first-order valence-corrected chi connectivity index (χ1v) is 8.49. The van der Waals surface area contributed by atoms with Crippen LogP contribution >= 0.6 is 11.8 Å². The molecule has 2 N–H and O–H groups in total. The van der Waals surface area contributed by atoms with Crippen LogP contribution in [0.5, 0.6) is 0 Å². The number of nitrogens with one attached hydrogen (secondary N) is 1. The lowest BCUT2D eigenvalue weighted by atomic mass is 9.85. The zero-order valence-corrected chi connectivity index (χ0v) is 13.2. The molecule has 114 valence electrons. The summed E-state index contributed by atoms with van der Waals surface area (Å²) in [6, 6.07) is 7.18. The van der Waals surface area contributed by atoms with Crippen molar-refractivity contribution in [1.29, 1.82) is 0 Å². The van der Waals surface area contributed by atoms with Crippen molar-refractivity contribution in [2.75, 3.05) is 6.26 Å². The van der Waals surface area contributed by atoms with Gasteiger partial charge in [-0.05, 0) is 43.7 Å². The molecule has 0 saturated heterocycles. The Morgan fingerprint density at radius 3 is 2.62 bits per heavy atom. The molecule has 1 amide bonds. The second-order valence-electron chi connectivity index (χ2n) is 5.77. The first kappa shape index (κ1) is 15.9. The summed E-state index contributed by atoms with van der Waals surface area (Å²) in [5.74, 6) is -0.104. The van der Waals surface area contributed by atoms with Crippen molar-refractivity contribution >= 4 is 23.6 Å². The molecule has 2 rings (SSSR count). The lowest BCUT2D eigenvalue weighted by molar-refractivity contribution is -0.148. The molecule has 4 nitrogen and oxygen atoms in total. The van der Waals surface area contributed by atoms with Crippen LogP contribution in [0, 0.1) is 5.41 Å². The van der Waals surface area contributed by atoms with Gasteiger partial charge in [-0.3, -0.25) is 9.59 Å². The standard InChI is InChI=1S/C16H21NO3S/c1-16(15(19)20)9-3-4-13(16)17-14(18)12-7-5-11(6-8-12)10-21-2/h5-8,13H,3-4,9-10H2,1-2H3,(H,17,18)(H,19,20). The zero-order chi connectivity index (χ0) is 15.5. The van der Waals surface area contributed by atoms with E-state index in [0.717, 1.165) is 18.6 Å². The molecule has 1 saturated carbocycles. The van der Waals surface area contributed by atoms with Crippen LogP contribution in [-0.4, -0.2) is 29.3 Å². The van der Waals surface area contributed by atoms with Crippen LogP contribution < -0.4 is 5.32 Å². The van der Waals surface area contributed by atoms with Gasteiger partial charge in [-0.25, -0.2) is 0 Å². The van der Waals surface area contributed by atoms with E-state index in [1.807, 2.05) is 18.4 Å². The van der Waals surface area contributed by atoms with Gasteiger partial charge in [0.1, 0.15) is 0 Å². The van der Waals surface area contributed by atoms with Crippen molar-refractivity contribution in [2.45, 2.75) is 38.0 Å². The van der Waals surface area contributed by atoms with Crippen molar-refractivity contribution in [3.8, 4) is 0 Å². The van der Waals surface area contributed by atoms with Crippen LogP contribution in [0.2, 0.25) is 0 Å². The van der Waals surface area contributed by atoms with Gasteiger partial charge in [0.15, 0.2) is 0 Å². The highest BCUT2D eigenvalue weighted by Crippen LogP contribution is 2.38. The third kappa shape index (κ3) is 3.40. The molecule has 2 atom stereocenters. The zero-order valence-electron chi connectivity index (χ0n) is 12.4. The fourth-order valence-electron chi connectivity index (χ4n) is 2.81. The van der Waals surface area contributed by atoms with Crippen LogP contribution in [0.1, 0.15) is 42.1 Å². The molecular weight excluding hydrogens is 286 g/mol. The molecule has 0 radical (unpaired) electrons. The number of thioether (sulfide) groups is 1. The van der Waals surface area contributed by atoms with Gasteiger partial charge in [-0.2, -0.15) is 11.8 Å². The van der Waals surface area contributed by atoms with Crippen molar-refractivity contribution < 1.29 is 14.7 Å². The second-order valence-corrected chi connectivity index (χ2v) is 6.64. The summed E-state index contributed by atoms with van der Waals surface area (Å²) in [6.45, 7) is 1.72. The normalized spacial score (nSPS) is 24.8. The average molecular weight is 307 g/mol. The predicted octanol–water partition coefficient (Wildman–Crippen LogP) is 2.92. The van der Waals surface area contributed by atoms with Gasteiger partial charge < -0.3 is 10.4 Å². The smallest absolute Gasteiger partial charge is 0.311 e. The van der Waals surface area contributed by atoms with E-state index in [-0.39, 0.29) is 11.9 Å². The molecule has 0 spiro atoms. The number of carbonyl (C=O) groups is 2. The molecule has 1 fully saturated rings. The first-order chi connectivity index (χ1) is 9.97. The van der Waals surface area contributed by atoms with E-state index in [0.29, 0.717) is 12.0 Å². The largest absolute Gasteiger partial charge is 0.481 e. The molecule has 21 heavy (non-hydrogen) atoms. The Balaban J connectivity index is 2.05. The van der Waals surface area contributed by atoms with E-state index in [2.05, 4.69) is 5.32 Å². The number of carboxylic acids is 1. The van der Waals surface area contributed by atoms with Gasteiger partial charge in [-0.15, -0.1) is 0 Å². The Morgan fingerprint density at radius 2 is 2.05 bits per heavy atom. The molecule has 0 bridgehead atoms. The maximum absolute atomic E-state index is 12.3. The van der Waals surface area contributed by atoms with E-state index in [1.165, 1.54) is 5.56 Å². The molecule has 0 aromatic heterocycles. The van der Waals surface area contributed by atoms with Gasteiger partial charge >= 0.3 is 5.97 Å². The van der Waals surface area contributed by atoms with Crippen LogP contribution in [-0.2, 0) is 10.5 Å². The number of rotatable bonds is 5. The van der Waals surface area contributed by atoms with Crippen LogP contribution in [0.25, 0.3) is 0 Å². The lowest BCUT2D eigenvalue weighted by Crippen LogP contribution is -2.47. The minimum Gasteiger partial charge on any atom is -0.481 e. The van der Waals surface area contributed by atoms with E-state index in [9.17, 15) is 14.7 Å². The highest BCUT2D eigenvalue weighted by atomic mass is 32.2. The van der Waals surface area contributed by atoms with Gasteiger partial charge in [-0.1, -0.05) is 18.6 Å². The van der Waals surface area contributed by atoms with E-state index in [1.54, 1.807) is 30.8 Å². The fourth-order valence-corrected chi connectivity index (χ4v) is 3.34. The Bertz CT molecular complexity index is 529. The Labute approximate surface area is 129 Å². The number of hydrogen-bond donors (Lipinski definition) is 2. The molecule has 1 aromatic carbocycles. The van der Waals surface area contributed by atoms with Gasteiger partial charge in [0.25, 0.3) is 5.91 Å². The van der Waals surface area contributed by atoms with Crippen molar-refractivity contribution in [2.24, 2.45) is 5.41 Å². The predicted molar refractivity (Wildman–Crippen MR) is 84.5 cm³/mol. The summed E-state index contributed by atoms with van der Waals surface area (Å²) in [7, 11) is 0. The molecule has 0 aliphatic heterocycles. The highest BCUT2D eigenvalue weighted by Gasteiger charge is 2.45. The topological polar surface area (TPSA) is 66.4 Å². The minimum atomic E-state index is -0.853. The maximum Gasteiger partial charge on any atom is 0.311 e. The summed E-state index contributed by atoms with van der Waals surface area (Å²) in [5.41, 5.74) is 0.906. The third-order valence-corrected chi connectivity index (χ3v) is 4.90. The average Bonchev–Trinajstić information content (AvgIpc) is 2.83. The van der Waals surface area contributed by atoms with E-state index in [4.69, 9.17) is 0 Å². The third-order valence-electron chi connectivity index (χ3n) is 4.28. The SMILES string of the molecule is CSCc1ccc(C(=O)NC2CCCC2(C)C(=O)O)cc1. The van der Waals surface area contributed by atoms with Crippen LogP contribution in [0.15, 0.2) is 24.3 Å². The molecule has 1 aromatic rings. The van der Waals surface area contributed by atoms with Gasteiger partial charge in [0, 0.05) is 17.4 Å². The van der Waals surface area contributed by atoms with E-state index >= 15 is 0 Å². The molecule has 0 heterocycles. The second kappa shape index (κ2) is 6.52. The van der Waals surface area contributed by atoms with Gasteiger partial charge in [0.05, 0.1) is 5.41 Å². The summed E-state index contributed by atoms with van der Waals surface area (Å²) in [5, 5.41) is 12.3. The molecule has 2 unspecified atom stereocenters. The summed E-state index contributed by atoms with van der Waals surface area (Å²) < 4.78 is 0. The van der Waals surface area contributed by atoms with Crippen LogP contribution in [0.3, 0.4) is 0 Å². The molecule has 1 aliphatic rings. The molecular formula is C16H21NO3S. The Morgan fingerprint density at radius 1 is 1.38 bits per heavy atom. The molecule has 5 heteroatoms. The number of hydrogen-bond acceptors (Lipinski definition) is 3. The molecule has 1 aliphatic carbocycles. The van der Waals surface area contributed by atoms with Crippen molar-refractivity contribution in [3.63, 3.8) is 0 Å². The quantitative estimate of drug-likeness (QED) is 0.878. The number of carboxylic acid groups (broad SMARTS) is 1. The number of aliphatic carboxylic acids is 1. The van der Waals surface area contributed by atoms with Crippen molar-refractivity contribution in [3.05, 3.63) is 35.4 Å². The van der Waals surface area contributed by atoms with Crippen LogP contribution in [0.4, 0.5) is 0 Å². The minimum absolute atomic E-state index is 0.190. The Hall–Kier alpha value is -1.49. The highest BCUT2D eigenvalue weighted by molar-refractivity contribution is 7.97. The van der Waals surface area contributed by atoms with Crippen molar-refractivity contribution in [1.82, 2.24) is 5.32 Å². The monoisotopic (exact) mass is 307 g/mol. The first-order valence-electron chi connectivity index (χ1n) is 7.09. The summed E-state index contributed by atoms with van der Waals surface area (Å²) in [4.78, 5) is 23.7. The number of amides is 1. The Kier molecular flexibility index (Phi) is 4.93. The lowest BCUT2D eigenvalue weighted by Gasteiger charge is -2.27. The van der Waals surface area contributed by atoms with E-state index < -0.39 is 11.4 Å². The number of benzene rings is 1. The number of carbonyl (C=O) groups excluding carboxylic acids is 1. The fraction of sp³-hybridized carbons (Fsp3) is 0.500. The summed E-state index contributed by atoms with van der Waals surface area (Å²) in [6.07, 6.45) is 4.20. The summed E-state index contributed by atoms with van der Waals surface area (Å²) >= 11 is 1.73. The van der Waals surface area contributed by atoms with Gasteiger partial charge in [0.2, 0.25) is 0 Å².